The van der Waals surface area contributed by atoms with Crippen LogP contribution in [-0.4, -0.2) is 32.6 Å². The zero-order chi connectivity index (χ0) is 20.8. The molecule has 0 aliphatic heterocycles. The van der Waals surface area contributed by atoms with E-state index >= 15 is 0 Å². The lowest BCUT2D eigenvalue weighted by molar-refractivity contribution is -0.120. The number of anilines is 2. The predicted octanol–water partition coefficient (Wildman–Crippen LogP) is 4.13. The molecule has 0 atom stereocenters. The third kappa shape index (κ3) is 4.82. The molecule has 0 spiro atoms. The van der Waals surface area contributed by atoms with Crippen LogP contribution in [0.5, 0.6) is 11.5 Å². The maximum absolute atomic E-state index is 12.8. The van der Waals surface area contributed by atoms with E-state index in [1.54, 1.807) is 25.3 Å². The number of nitrogens with one attached hydrogen (secondary N) is 1. The molecule has 2 rings (SSSR count). The molecule has 0 fully saturated rings. The van der Waals surface area contributed by atoms with Crippen molar-refractivity contribution in [1.82, 2.24) is 0 Å². The number of benzene rings is 2. The largest absolute Gasteiger partial charge is 0.497 e. The van der Waals surface area contributed by atoms with Gasteiger partial charge in [0.25, 0.3) is 0 Å². The molecule has 6 heteroatoms. The fourth-order valence-electron chi connectivity index (χ4n) is 3.04. The standard InChI is InChI=1S/C22H28N2O4/c1-14(2)18-9-7-8-15(3)22(18)23-21(26)13-24(16(4)25)19-12-17(27-5)10-11-20(19)28-6/h7-12,14H,13H2,1-6H3,(H,23,26). The first-order valence-electron chi connectivity index (χ1n) is 9.18. The van der Waals surface area contributed by atoms with Gasteiger partial charge in [-0.2, -0.15) is 0 Å². The first-order valence-corrected chi connectivity index (χ1v) is 9.18. The van der Waals surface area contributed by atoms with Crippen LogP contribution in [0.4, 0.5) is 11.4 Å². The van der Waals surface area contributed by atoms with Gasteiger partial charge in [0.1, 0.15) is 18.0 Å². The topological polar surface area (TPSA) is 67.9 Å². The average Bonchev–Trinajstić information content (AvgIpc) is 2.66. The van der Waals surface area contributed by atoms with Gasteiger partial charge in [0.2, 0.25) is 11.8 Å². The number of para-hydroxylation sites is 1. The number of carbonyl (C=O) groups is 2. The van der Waals surface area contributed by atoms with Gasteiger partial charge in [-0.15, -0.1) is 0 Å². The fourth-order valence-corrected chi connectivity index (χ4v) is 3.04. The molecule has 150 valence electrons. The Morgan fingerprint density at radius 2 is 1.82 bits per heavy atom. The van der Waals surface area contributed by atoms with E-state index in [-0.39, 0.29) is 24.3 Å². The molecule has 0 aliphatic rings. The number of amides is 2. The summed E-state index contributed by atoms with van der Waals surface area (Å²) in [5.74, 6) is 0.774. The highest BCUT2D eigenvalue weighted by Crippen LogP contribution is 2.33. The molecule has 0 unspecified atom stereocenters. The SMILES string of the molecule is COc1ccc(OC)c(N(CC(=O)Nc2c(C)cccc2C(C)C)C(C)=O)c1. The van der Waals surface area contributed by atoms with E-state index in [0.29, 0.717) is 17.2 Å². The van der Waals surface area contributed by atoms with Gasteiger partial charge in [-0.25, -0.2) is 0 Å². The van der Waals surface area contributed by atoms with Crippen molar-refractivity contribution in [3.8, 4) is 11.5 Å². The van der Waals surface area contributed by atoms with E-state index in [9.17, 15) is 9.59 Å². The first kappa shape index (κ1) is 21.3. The maximum Gasteiger partial charge on any atom is 0.244 e. The number of hydrogen-bond donors (Lipinski definition) is 1. The highest BCUT2D eigenvalue weighted by Gasteiger charge is 2.21. The number of ether oxygens (including phenoxy) is 2. The molecule has 0 aromatic heterocycles. The zero-order valence-corrected chi connectivity index (χ0v) is 17.3. The molecular formula is C22H28N2O4. The Balaban J connectivity index is 2.32. The Hall–Kier alpha value is -3.02. The maximum atomic E-state index is 12.8. The average molecular weight is 384 g/mol. The Kier molecular flexibility index (Phi) is 7.04. The molecular weight excluding hydrogens is 356 g/mol. The summed E-state index contributed by atoms with van der Waals surface area (Å²) in [6.07, 6.45) is 0. The normalized spacial score (nSPS) is 10.5. The molecule has 0 heterocycles. The van der Waals surface area contributed by atoms with Crippen LogP contribution >= 0.6 is 0 Å². The van der Waals surface area contributed by atoms with Gasteiger partial charge in [0, 0.05) is 18.7 Å². The zero-order valence-electron chi connectivity index (χ0n) is 17.3. The molecule has 2 aromatic carbocycles. The number of methoxy groups -OCH3 is 2. The minimum absolute atomic E-state index is 0.134. The van der Waals surface area contributed by atoms with E-state index in [4.69, 9.17) is 9.47 Å². The Morgan fingerprint density at radius 3 is 2.39 bits per heavy atom. The highest BCUT2D eigenvalue weighted by atomic mass is 16.5. The second-order valence-corrected chi connectivity index (χ2v) is 6.88. The summed E-state index contributed by atoms with van der Waals surface area (Å²) >= 11 is 0. The number of aryl methyl sites for hydroxylation is 1. The Labute approximate surface area is 166 Å². The summed E-state index contributed by atoms with van der Waals surface area (Å²) in [5, 5.41) is 2.98. The van der Waals surface area contributed by atoms with Crippen LogP contribution in [0, 0.1) is 6.92 Å². The second kappa shape index (κ2) is 9.26. The lowest BCUT2D eigenvalue weighted by Gasteiger charge is -2.24. The van der Waals surface area contributed by atoms with Crippen LogP contribution in [0.2, 0.25) is 0 Å². The van der Waals surface area contributed by atoms with Crippen molar-refractivity contribution in [3.63, 3.8) is 0 Å². The number of rotatable bonds is 7. The smallest absolute Gasteiger partial charge is 0.244 e. The third-order valence-corrected chi connectivity index (χ3v) is 4.55. The van der Waals surface area contributed by atoms with Crippen LogP contribution < -0.4 is 19.7 Å². The molecule has 0 radical (unpaired) electrons. The van der Waals surface area contributed by atoms with Crippen molar-refractivity contribution in [1.29, 1.82) is 0 Å². The van der Waals surface area contributed by atoms with Crippen molar-refractivity contribution < 1.29 is 19.1 Å². The van der Waals surface area contributed by atoms with Crippen molar-refractivity contribution in [2.75, 3.05) is 31.0 Å². The molecule has 0 bridgehead atoms. The Bertz CT molecular complexity index is 862. The monoisotopic (exact) mass is 384 g/mol. The van der Waals surface area contributed by atoms with Gasteiger partial charge in [-0.1, -0.05) is 32.0 Å². The summed E-state index contributed by atoms with van der Waals surface area (Å²) in [4.78, 5) is 26.5. The molecule has 28 heavy (non-hydrogen) atoms. The molecule has 6 nitrogen and oxygen atoms in total. The van der Waals surface area contributed by atoms with Gasteiger partial charge in [-0.3, -0.25) is 14.5 Å². The third-order valence-electron chi connectivity index (χ3n) is 4.55. The van der Waals surface area contributed by atoms with Gasteiger partial charge in [0.15, 0.2) is 0 Å². The van der Waals surface area contributed by atoms with Gasteiger partial charge >= 0.3 is 0 Å². The second-order valence-electron chi connectivity index (χ2n) is 6.88. The van der Waals surface area contributed by atoms with Gasteiger partial charge in [0.05, 0.1) is 19.9 Å². The van der Waals surface area contributed by atoms with E-state index in [1.807, 2.05) is 25.1 Å². The van der Waals surface area contributed by atoms with Crippen LogP contribution in [0.25, 0.3) is 0 Å². The van der Waals surface area contributed by atoms with E-state index in [2.05, 4.69) is 19.2 Å². The highest BCUT2D eigenvalue weighted by molar-refractivity contribution is 6.03. The molecule has 1 N–H and O–H groups in total. The minimum Gasteiger partial charge on any atom is -0.497 e. The fraction of sp³-hybridized carbons (Fsp3) is 0.364. The van der Waals surface area contributed by atoms with Crippen molar-refractivity contribution >= 4 is 23.2 Å². The first-order chi connectivity index (χ1) is 13.3. The molecule has 0 aliphatic carbocycles. The number of carbonyl (C=O) groups excluding carboxylic acids is 2. The van der Waals surface area contributed by atoms with Crippen LogP contribution in [0.15, 0.2) is 36.4 Å². The number of nitrogens with zero attached hydrogens (tertiary/aromatic N) is 1. The summed E-state index contributed by atoms with van der Waals surface area (Å²) in [5.41, 5.74) is 3.32. The van der Waals surface area contributed by atoms with Crippen LogP contribution in [-0.2, 0) is 9.59 Å². The van der Waals surface area contributed by atoms with Crippen molar-refractivity contribution in [3.05, 3.63) is 47.5 Å². The lowest BCUT2D eigenvalue weighted by atomic mass is 9.98. The van der Waals surface area contributed by atoms with E-state index < -0.39 is 0 Å². The van der Waals surface area contributed by atoms with Gasteiger partial charge in [-0.05, 0) is 36.1 Å². The lowest BCUT2D eigenvalue weighted by Crippen LogP contribution is -2.37. The predicted molar refractivity (Wildman–Crippen MR) is 111 cm³/mol. The molecule has 2 aromatic rings. The summed E-state index contributed by atoms with van der Waals surface area (Å²) in [7, 11) is 3.06. The molecule has 0 saturated carbocycles. The van der Waals surface area contributed by atoms with Crippen LogP contribution in [0.1, 0.15) is 37.8 Å². The summed E-state index contributed by atoms with van der Waals surface area (Å²) < 4.78 is 10.6. The summed E-state index contributed by atoms with van der Waals surface area (Å²) in [6, 6.07) is 11.1. The van der Waals surface area contributed by atoms with E-state index in [1.165, 1.54) is 18.9 Å². The molecule has 2 amide bonds. The van der Waals surface area contributed by atoms with Gasteiger partial charge < -0.3 is 14.8 Å². The van der Waals surface area contributed by atoms with Crippen molar-refractivity contribution in [2.24, 2.45) is 0 Å². The van der Waals surface area contributed by atoms with Crippen LogP contribution in [0.3, 0.4) is 0 Å². The molecule has 0 saturated heterocycles. The quantitative estimate of drug-likeness (QED) is 0.779. The number of hydrogen-bond acceptors (Lipinski definition) is 4. The minimum atomic E-state index is -0.281. The Morgan fingerprint density at radius 1 is 1.11 bits per heavy atom. The summed E-state index contributed by atoms with van der Waals surface area (Å²) in [6.45, 7) is 7.39. The van der Waals surface area contributed by atoms with Crippen molar-refractivity contribution in [2.45, 2.75) is 33.6 Å². The van der Waals surface area contributed by atoms with E-state index in [0.717, 1.165) is 16.8 Å².